The topological polar surface area (TPSA) is 50.2 Å². The van der Waals surface area contributed by atoms with E-state index in [1.165, 1.54) is 11.6 Å². The van der Waals surface area contributed by atoms with E-state index in [-0.39, 0.29) is 23.3 Å². The van der Waals surface area contributed by atoms with Gasteiger partial charge in [-0.25, -0.2) is 0 Å². The number of amides is 1. The predicted molar refractivity (Wildman–Crippen MR) is 85.1 cm³/mol. The zero-order valence-electron chi connectivity index (χ0n) is 13.5. The number of hydrogen-bond acceptors (Lipinski definition) is 3. The Morgan fingerprint density at radius 2 is 1.96 bits per heavy atom. The fourth-order valence-electron chi connectivity index (χ4n) is 2.11. The molecule has 0 aliphatic carbocycles. The first kappa shape index (κ1) is 20.0. The van der Waals surface area contributed by atoms with E-state index >= 15 is 0 Å². The van der Waals surface area contributed by atoms with Crippen LogP contribution in [0.15, 0.2) is 4.47 Å². The van der Waals surface area contributed by atoms with Gasteiger partial charge in [0.05, 0.1) is 16.7 Å². The van der Waals surface area contributed by atoms with Gasteiger partial charge in [0.15, 0.2) is 5.69 Å². The molecule has 0 atom stereocenters. The Hall–Kier alpha value is -1.09. The number of hydrogen-bond donors (Lipinski definition) is 1. The molecular formula is C14H22BrF3N4O. The molecule has 5 nitrogen and oxygen atoms in total. The lowest BCUT2D eigenvalue weighted by atomic mass is 10.3. The molecule has 1 aromatic heterocycles. The van der Waals surface area contributed by atoms with Crippen LogP contribution in [-0.2, 0) is 17.5 Å². The highest BCUT2D eigenvalue weighted by molar-refractivity contribution is 9.10. The van der Waals surface area contributed by atoms with Crippen molar-refractivity contribution in [1.82, 2.24) is 20.0 Å². The van der Waals surface area contributed by atoms with Crippen molar-refractivity contribution in [3.05, 3.63) is 15.9 Å². The molecule has 0 unspecified atom stereocenters. The molecule has 0 aromatic carbocycles. The Morgan fingerprint density at radius 3 is 2.43 bits per heavy atom. The minimum atomic E-state index is -4.51. The van der Waals surface area contributed by atoms with Crippen LogP contribution in [0, 0.1) is 6.92 Å². The summed E-state index contributed by atoms with van der Waals surface area (Å²) in [5.41, 5.74) is -0.606. The molecule has 0 aliphatic rings. The van der Waals surface area contributed by atoms with Gasteiger partial charge in [-0.2, -0.15) is 18.3 Å². The maximum absolute atomic E-state index is 12.8. The van der Waals surface area contributed by atoms with E-state index in [1.807, 2.05) is 13.8 Å². The van der Waals surface area contributed by atoms with E-state index in [0.717, 1.165) is 19.6 Å². The standard InChI is InChI=1S/C14H22BrF3N4O/c1-4-21(5-2)9-7-19-11(23)6-8-22-10(3)12(15)13(20-22)14(16,17)18/h4-9H2,1-3H3,(H,19,23). The van der Waals surface area contributed by atoms with Gasteiger partial charge in [-0.1, -0.05) is 13.8 Å². The molecule has 0 bridgehead atoms. The maximum atomic E-state index is 12.8. The molecule has 0 radical (unpaired) electrons. The molecule has 0 aliphatic heterocycles. The number of aromatic nitrogens is 2. The van der Waals surface area contributed by atoms with Gasteiger partial charge < -0.3 is 10.2 Å². The lowest BCUT2D eigenvalue weighted by Crippen LogP contribution is -2.35. The number of aryl methyl sites for hydroxylation is 1. The number of carbonyl (C=O) groups excluding carboxylic acids is 1. The Kier molecular flexibility index (Phi) is 7.53. The Morgan fingerprint density at radius 1 is 1.35 bits per heavy atom. The van der Waals surface area contributed by atoms with E-state index in [1.54, 1.807) is 0 Å². The van der Waals surface area contributed by atoms with Crippen LogP contribution >= 0.6 is 15.9 Å². The molecule has 1 heterocycles. The highest BCUT2D eigenvalue weighted by Crippen LogP contribution is 2.35. The van der Waals surface area contributed by atoms with Gasteiger partial charge in [0.1, 0.15) is 0 Å². The number of likely N-dealkylation sites (N-methyl/N-ethyl adjacent to an activating group) is 1. The fraction of sp³-hybridized carbons (Fsp3) is 0.714. The molecule has 9 heteroatoms. The van der Waals surface area contributed by atoms with Gasteiger partial charge in [0.25, 0.3) is 0 Å². The highest BCUT2D eigenvalue weighted by atomic mass is 79.9. The van der Waals surface area contributed by atoms with Crippen molar-refractivity contribution in [2.75, 3.05) is 26.2 Å². The largest absolute Gasteiger partial charge is 0.436 e. The van der Waals surface area contributed by atoms with E-state index in [2.05, 4.69) is 31.2 Å². The molecule has 0 saturated heterocycles. The summed E-state index contributed by atoms with van der Waals surface area (Å²) in [6, 6.07) is 0. The number of carbonyl (C=O) groups is 1. The third kappa shape index (κ3) is 5.80. The van der Waals surface area contributed by atoms with Gasteiger partial charge in [-0.05, 0) is 35.9 Å². The predicted octanol–water partition coefficient (Wildman–Crippen LogP) is 2.82. The molecule has 23 heavy (non-hydrogen) atoms. The van der Waals surface area contributed by atoms with Crippen molar-refractivity contribution in [3.8, 4) is 0 Å². The first-order valence-corrected chi connectivity index (χ1v) is 8.29. The SMILES string of the molecule is CCN(CC)CCNC(=O)CCn1nc(C(F)(F)F)c(Br)c1C. The van der Waals surface area contributed by atoms with Crippen LogP contribution in [0.25, 0.3) is 0 Å². The molecule has 1 amide bonds. The highest BCUT2D eigenvalue weighted by Gasteiger charge is 2.37. The summed E-state index contributed by atoms with van der Waals surface area (Å²) in [4.78, 5) is 13.9. The first-order chi connectivity index (χ1) is 10.7. The third-order valence-electron chi connectivity index (χ3n) is 3.60. The van der Waals surface area contributed by atoms with Crippen LogP contribution in [0.1, 0.15) is 31.7 Å². The lowest BCUT2D eigenvalue weighted by molar-refractivity contribution is -0.142. The molecule has 1 rings (SSSR count). The zero-order valence-corrected chi connectivity index (χ0v) is 15.1. The molecule has 1 aromatic rings. The second kappa shape index (κ2) is 8.68. The minimum absolute atomic E-state index is 0.0769. The smallest absolute Gasteiger partial charge is 0.355 e. The summed E-state index contributed by atoms with van der Waals surface area (Å²) in [6.45, 7) is 8.83. The van der Waals surface area contributed by atoms with Crippen LogP contribution in [0.3, 0.4) is 0 Å². The van der Waals surface area contributed by atoms with E-state index < -0.39 is 11.9 Å². The van der Waals surface area contributed by atoms with Crippen molar-refractivity contribution < 1.29 is 18.0 Å². The van der Waals surface area contributed by atoms with Crippen molar-refractivity contribution in [2.24, 2.45) is 0 Å². The quantitative estimate of drug-likeness (QED) is 0.732. The minimum Gasteiger partial charge on any atom is -0.355 e. The van der Waals surface area contributed by atoms with E-state index in [4.69, 9.17) is 0 Å². The first-order valence-electron chi connectivity index (χ1n) is 7.49. The van der Waals surface area contributed by atoms with Crippen LogP contribution in [0.2, 0.25) is 0 Å². The molecule has 1 N–H and O–H groups in total. The van der Waals surface area contributed by atoms with Gasteiger partial charge in [-0.15, -0.1) is 0 Å². The van der Waals surface area contributed by atoms with Gasteiger partial charge in [-0.3, -0.25) is 9.48 Å². The molecule has 0 spiro atoms. The van der Waals surface area contributed by atoms with Crippen molar-refractivity contribution in [1.29, 1.82) is 0 Å². The van der Waals surface area contributed by atoms with Crippen LogP contribution < -0.4 is 5.32 Å². The Bertz CT molecular complexity index is 527. The summed E-state index contributed by atoms with van der Waals surface area (Å²) in [7, 11) is 0. The molecule has 0 fully saturated rings. The number of nitrogens with one attached hydrogen (secondary N) is 1. The molecular weight excluding hydrogens is 377 g/mol. The van der Waals surface area contributed by atoms with Crippen molar-refractivity contribution in [2.45, 2.75) is 39.9 Å². The number of rotatable bonds is 8. The van der Waals surface area contributed by atoms with E-state index in [0.29, 0.717) is 12.2 Å². The maximum Gasteiger partial charge on any atom is 0.436 e. The van der Waals surface area contributed by atoms with Gasteiger partial charge in [0.2, 0.25) is 5.91 Å². The van der Waals surface area contributed by atoms with Crippen molar-refractivity contribution in [3.63, 3.8) is 0 Å². The molecule has 132 valence electrons. The summed E-state index contributed by atoms with van der Waals surface area (Å²) in [5.74, 6) is -0.197. The summed E-state index contributed by atoms with van der Waals surface area (Å²) >= 11 is 2.91. The summed E-state index contributed by atoms with van der Waals surface area (Å²) in [6.07, 6.45) is -4.43. The lowest BCUT2D eigenvalue weighted by Gasteiger charge is -2.17. The Balaban J connectivity index is 2.51. The number of nitrogens with zero attached hydrogens (tertiary/aromatic N) is 3. The van der Waals surface area contributed by atoms with E-state index in [9.17, 15) is 18.0 Å². The fourth-order valence-corrected chi connectivity index (χ4v) is 2.62. The van der Waals surface area contributed by atoms with Gasteiger partial charge in [0, 0.05) is 19.5 Å². The summed E-state index contributed by atoms with van der Waals surface area (Å²) in [5, 5.41) is 6.31. The van der Waals surface area contributed by atoms with Gasteiger partial charge >= 0.3 is 6.18 Å². The zero-order chi connectivity index (χ0) is 17.6. The van der Waals surface area contributed by atoms with Crippen LogP contribution in [0.5, 0.6) is 0 Å². The Labute approximate surface area is 142 Å². The van der Waals surface area contributed by atoms with Crippen molar-refractivity contribution >= 4 is 21.8 Å². The normalized spacial score (nSPS) is 12.0. The average molecular weight is 399 g/mol. The number of alkyl halides is 3. The third-order valence-corrected chi connectivity index (χ3v) is 4.55. The monoisotopic (exact) mass is 398 g/mol. The average Bonchev–Trinajstić information content (AvgIpc) is 2.77. The summed E-state index contributed by atoms with van der Waals surface area (Å²) < 4.78 is 39.4. The van der Waals surface area contributed by atoms with Crippen LogP contribution in [0.4, 0.5) is 13.2 Å². The second-order valence-corrected chi connectivity index (χ2v) is 5.89. The molecule has 0 saturated carbocycles. The van der Waals surface area contributed by atoms with Crippen LogP contribution in [-0.4, -0.2) is 46.8 Å². The number of halogens is 4. The second-order valence-electron chi connectivity index (χ2n) is 5.10.